The molecule has 0 spiro atoms. The van der Waals surface area contributed by atoms with Gasteiger partial charge < -0.3 is 4.40 Å². The molecule has 0 unspecified atom stereocenters. The minimum atomic E-state index is -4.45. The third-order valence-corrected chi connectivity index (χ3v) is 5.33. The Morgan fingerprint density at radius 2 is 1.77 bits per heavy atom. The lowest BCUT2D eigenvalue weighted by Crippen LogP contribution is -2.23. The van der Waals surface area contributed by atoms with Gasteiger partial charge in [0.05, 0.1) is 22.7 Å². The van der Waals surface area contributed by atoms with Crippen LogP contribution >= 0.6 is 0 Å². The van der Waals surface area contributed by atoms with Crippen molar-refractivity contribution >= 4 is 15.7 Å². The average Bonchev–Trinajstić information content (AvgIpc) is 3.01. The number of rotatable bonds is 5. The highest BCUT2D eigenvalue weighted by Crippen LogP contribution is 2.29. The van der Waals surface area contributed by atoms with Gasteiger partial charge in [-0.2, -0.15) is 13.2 Å². The molecule has 1 N–H and O–H groups in total. The zero-order chi connectivity index (χ0) is 18.9. The first kappa shape index (κ1) is 18.4. The molecule has 0 bridgehead atoms. The van der Waals surface area contributed by atoms with Crippen molar-refractivity contribution in [2.45, 2.75) is 31.0 Å². The van der Waals surface area contributed by atoms with Crippen LogP contribution in [0.4, 0.5) is 13.2 Å². The summed E-state index contributed by atoms with van der Waals surface area (Å²) in [6.07, 6.45) is -1.36. The van der Waals surface area contributed by atoms with Gasteiger partial charge >= 0.3 is 6.18 Å². The largest absolute Gasteiger partial charge is 0.417 e. The highest BCUT2D eigenvalue weighted by Gasteiger charge is 2.30. The number of halogens is 3. The van der Waals surface area contributed by atoms with Crippen LogP contribution in [0, 0.1) is 0 Å². The molecule has 0 amide bonds. The normalized spacial score (nSPS) is 12.6. The van der Waals surface area contributed by atoms with E-state index in [9.17, 15) is 21.6 Å². The van der Waals surface area contributed by atoms with E-state index < -0.39 is 21.8 Å². The molecule has 5 nitrogen and oxygen atoms in total. The van der Waals surface area contributed by atoms with E-state index >= 15 is 0 Å². The average molecular weight is 383 g/mol. The number of pyridine rings is 1. The molecular weight excluding hydrogens is 367 g/mol. The van der Waals surface area contributed by atoms with Crippen molar-refractivity contribution in [3.05, 3.63) is 65.6 Å². The van der Waals surface area contributed by atoms with E-state index in [0.717, 1.165) is 24.2 Å². The number of imidazole rings is 1. The number of aromatic nitrogens is 2. The summed E-state index contributed by atoms with van der Waals surface area (Å²) in [6.45, 7) is 1.84. The number of alkyl halides is 3. The zero-order valence-electron chi connectivity index (χ0n) is 13.8. The summed E-state index contributed by atoms with van der Waals surface area (Å²) >= 11 is 0. The van der Waals surface area contributed by atoms with E-state index in [2.05, 4.69) is 9.71 Å². The summed E-state index contributed by atoms with van der Waals surface area (Å²) in [5.74, 6) is 0. The molecule has 0 aliphatic rings. The van der Waals surface area contributed by atoms with Crippen LogP contribution in [0.25, 0.3) is 5.65 Å². The molecule has 9 heteroatoms. The molecule has 0 aliphatic heterocycles. The lowest BCUT2D eigenvalue weighted by Gasteiger charge is -2.06. The number of hydrogen-bond donors (Lipinski definition) is 1. The number of nitrogens with zero attached hydrogens (tertiary/aromatic N) is 2. The molecule has 0 radical (unpaired) electrons. The molecule has 2 aromatic heterocycles. The van der Waals surface area contributed by atoms with E-state index in [4.69, 9.17) is 0 Å². The van der Waals surface area contributed by atoms with Crippen molar-refractivity contribution in [1.29, 1.82) is 0 Å². The van der Waals surface area contributed by atoms with Gasteiger partial charge in [0.15, 0.2) is 0 Å². The molecule has 1 aromatic carbocycles. The Morgan fingerprint density at radius 3 is 2.38 bits per heavy atom. The molecule has 26 heavy (non-hydrogen) atoms. The smallest absolute Gasteiger partial charge is 0.306 e. The highest BCUT2D eigenvalue weighted by molar-refractivity contribution is 7.89. The fourth-order valence-corrected chi connectivity index (χ4v) is 3.45. The van der Waals surface area contributed by atoms with E-state index in [1.165, 1.54) is 28.8 Å². The number of fused-ring (bicyclic) bond motifs is 1. The third kappa shape index (κ3) is 3.88. The van der Waals surface area contributed by atoms with E-state index in [1.807, 2.05) is 6.92 Å². The van der Waals surface area contributed by atoms with Gasteiger partial charge in [0.25, 0.3) is 0 Å². The molecular formula is C17H16F3N3O2S. The van der Waals surface area contributed by atoms with Crippen LogP contribution in [0.1, 0.15) is 23.7 Å². The predicted molar refractivity (Wildman–Crippen MR) is 90.0 cm³/mol. The summed E-state index contributed by atoms with van der Waals surface area (Å²) in [5.41, 5.74) is 0.841. The third-order valence-electron chi connectivity index (χ3n) is 3.91. The van der Waals surface area contributed by atoms with Crippen LogP contribution in [-0.2, 0) is 29.2 Å². The second-order valence-electron chi connectivity index (χ2n) is 5.74. The summed E-state index contributed by atoms with van der Waals surface area (Å²) in [5, 5.41) is 0. The Kier molecular flexibility index (Phi) is 4.76. The van der Waals surface area contributed by atoms with E-state index in [1.54, 1.807) is 12.1 Å². The second kappa shape index (κ2) is 6.73. The zero-order valence-corrected chi connectivity index (χ0v) is 14.6. The van der Waals surface area contributed by atoms with Crippen molar-refractivity contribution in [2.24, 2.45) is 0 Å². The standard InChI is InChI=1S/C17H16F3N3O2S/c1-2-12-3-6-15(7-4-12)26(24,25)21-9-14-11-23-10-13(17(18,19)20)5-8-16(23)22-14/h3-8,10-11,21H,2,9H2,1H3. The van der Waals surface area contributed by atoms with Crippen LogP contribution in [0.3, 0.4) is 0 Å². The van der Waals surface area contributed by atoms with Crippen LogP contribution in [0.2, 0.25) is 0 Å². The van der Waals surface area contributed by atoms with Crippen molar-refractivity contribution in [1.82, 2.24) is 14.1 Å². The molecule has 0 atom stereocenters. The van der Waals surface area contributed by atoms with Gasteiger partial charge in [0.2, 0.25) is 10.0 Å². The van der Waals surface area contributed by atoms with Crippen molar-refractivity contribution in [3.8, 4) is 0 Å². The molecule has 3 aromatic rings. The van der Waals surface area contributed by atoms with Gasteiger partial charge in [-0.1, -0.05) is 19.1 Å². The van der Waals surface area contributed by atoms with Gasteiger partial charge in [-0.15, -0.1) is 0 Å². The topological polar surface area (TPSA) is 63.5 Å². The maximum Gasteiger partial charge on any atom is 0.417 e. The molecule has 0 fully saturated rings. The number of hydrogen-bond acceptors (Lipinski definition) is 3. The minimum Gasteiger partial charge on any atom is -0.306 e. The fourth-order valence-electron chi connectivity index (χ4n) is 2.45. The lowest BCUT2D eigenvalue weighted by atomic mass is 10.2. The summed E-state index contributed by atoms with van der Waals surface area (Å²) in [4.78, 5) is 4.25. The number of aryl methyl sites for hydroxylation is 1. The molecule has 138 valence electrons. The molecule has 0 saturated heterocycles. The number of sulfonamides is 1. The maximum absolute atomic E-state index is 12.7. The van der Waals surface area contributed by atoms with Gasteiger partial charge in [-0.25, -0.2) is 18.1 Å². The summed E-state index contributed by atoms with van der Waals surface area (Å²) in [6, 6.07) is 8.67. The van der Waals surface area contributed by atoms with Crippen LogP contribution in [-0.4, -0.2) is 17.8 Å². The Bertz CT molecular complexity index is 1030. The first-order chi connectivity index (χ1) is 12.2. The Hall–Kier alpha value is -2.39. The Balaban J connectivity index is 1.78. The quantitative estimate of drug-likeness (QED) is 0.735. The lowest BCUT2D eigenvalue weighted by molar-refractivity contribution is -0.137. The van der Waals surface area contributed by atoms with Crippen molar-refractivity contribution in [3.63, 3.8) is 0 Å². The SMILES string of the molecule is CCc1ccc(S(=O)(=O)NCc2cn3cc(C(F)(F)F)ccc3n2)cc1. The van der Waals surface area contributed by atoms with E-state index in [-0.39, 0.29) is 11.4 Å². The Labute approximate surface area is 148 Å². The predicted octanol–water partition coefficient (Wildman–Crippen LogP) is 3.39. The van der Waals surface area contributed by atoms with Crippen molar-refractivity contribution < 1.29 is 21.6 Å². The number of benzene rings is 1. The summed E-state index contributed by atoms with van der Waals surface area (Å²) in [7, 11) is -3.73. The van der Waals surface area contributed by atoms with Crippen LogP contribution < -0.4 is 4.72 Å². The Morgan fingerprint density at radius 1 is 1.08 bits per heavy atom. The minimum absolute atomic E-state index is 0.123. The van der Waals surface area contributed by atoms with E-state index in [0.29, 0.717) is 11.3 Å². The van der Waals surface area contributed by atoms with Crippen molar-refractivity contribution in [2.75, 3.05) is 0 Å². The second-order valence-corrected chi connectivity index (χ2v) is 7.50. The van der Waals surface area contributed by atoms with Gasteiger partial charge in [0.1, 0.15) is 5.65 Å². The molecule has 0 saturated carbocycles. The molecule has 0 aliphatic carbocycles. The highest BCUT2D eigenvalue weighted by atomic mass is 32.2. The van der Waals surface area contributed by atoms with Crippen LogP contribution in [0.15, 0.2) is 53.7 Å². The number of nitrogens with one attached hydrogen (secondary N) is 1. The van der Waals surface area contributed by atoms with Gasteiger partial charge in [-0.3, -0.25) is 0 Å². The first-order valence-corrected chi connectivity index (χ1v) is 9.31. The monoisotopic (exact) mass is 383 g/mol. The van der Waals surface area contributed by atoms with Crippen LogP contribution in [0.5, 0.6) is 0 Å². The van der Waals surface area contributed by atoms with Gasteiger partial charge in [0, 0.05) is 12.4 Å². The fraction of sp³-hybridized carbons (Fsp3) is 0.235. The summed E-state index contributed by atoms with van der Waals surface area (Å²) < 4.78 is 66.5. The first-order valence-electron chi connectivity index (χ1n) is 7.82. The molecule has 2 heterocycles. The maximum atomic E-state index is 12.7. The molecule has 3 rings (SSSR count). The van der Waals surface area contributed by atoms with Gasteiger partial charge in [-0.05, 0) is 36.2 Å².